The van der Waals surface area contributed by atoms with Crippen LogP contribution in [0.4, 0.5) is 0 Å². The molecule has 0 N–H and O–H groups in total. The summed E-state index contributed by atoms with van der Waals surface area (Å²) < 4.78 is 9.12. The first-order valence-electron chi connectivity index (χ1n) is 21.6. The lowest BCUT2D eigenvalue weighted by molar-refractivity contribution is 0.669. The van der Waals surface area contributed by atoms with E-state index >= 15 is 0 Å². The maximum Gasteiger partial charge on any atom is 0.164 e. The third kappa shape index (κ3) is 5.83. The second-order valence-electron chi connectivity index (χ2n) is 16.4. The molecule has 0 saturated carbocycles. The topological polar surface area (TPSA) is 56.7 Å². The molecule has 298 valence electrons. The van der Waals surface area contributed by atoms with Crippen molar-refractivity contribution in [3.63, 3.8) is 0 Å². The Kier molecular flexibility index (Phi) is 8.15. The van der Waals surface area contributed by atoms with Crippen LogP contribution in [0.25, 0.3) is 127 Å². The molecule has 3 aromatic heterocycles. The van der Waals surface area contributed by atoms with E-state index in [9.17, 15) is 0 Å². The minimum Gasteiger partial charge on any atom is -0.456 e. The summed E-state index contributed by atoms with van der Waals surface area (Å²) >= 11 is 0. The van der Waals surface area contributed by atoms with E-state index in [0.717, 1.165) is 88.4 Å². The summed E-state index contributed by atoms with van der Waals surface area (Å²) in [4.78, 5) is 15.8. The number of furan rings is 1. The summed E-state index contributed by atoms with van der Waals surface area (Å²) in [5, 5.41) is 9.24. The lowest BCUT2D eigenvalue weighted by Crippen LogP contribution is -2.02. The van der Waals surface area contributed by atoms with Gasteiger partial charge in [-0.3, -0.25) is 0 Å². The van der Waals surface area contributed by atoms with Crippen LogP contribution < -0.4 is 0 Å². The number of benzene rings is 10. The zero-order chi connectivity index (χ0) is 42.1. The molecule has 0 amide bonds. The van der Waals surface area contributed by atoms with E-state index in [2.05, 4.69) is 193 Å². The Morgan fingerprint density at radius 3 is 1.66 bits per heavy atom. The van der Waals surface area contributed by atoms with Crippen molar-refractivity contribution in [1.29, 1.82) is 0 Å². The molecular formula is C59H36N4O. The van der Waals surface area contributed by atoms with Crippen LogP contribution in [0.15, 0.2) is 223 Å². The van der Waals surface area contributed by atoms with Gasteiger partial charge in [0.05, 0.1) is 16.7 Å². The molecule has 13 aromatic rings. The average molecular weight is 817 g/mol. The highest BCUT2D eigenvalue weighted by Gasteiger charge is 2.22. The predicted octanol–water partition coefficient (Wildman–Crippen LogP) is 15.5. The Hall–Kier alpha value is -8.67. The first kappa shape index (κ1) is 36.0. The molecule has 0 bridgehead atoms. The number of aromatic nitrogens is 4. The second-order valence-corrected chi connectivity index (χ2v) is 16.4. The maximum absolute atomic E-state index is 6.69. The summed E-state index contributed by atoms with van der Waals surface area (Å²) in [6.07, 6.45) is 0. The molecule has 0 radical (unpaired) electrons. The number of nitrogens with zero attached hydrogens (tertiary/aromatic N) is 4. The van der Waals surface area contributed by atoms with Gasteiger partial charge in [-0.05, 0) is 92.8 Å². The molecule has 0 aliphatic carbocycles. The number of para-hydroxylation sites is 1. The van der Waals surface area contributed by atoms with E-state index in [1.165, 1.54) is 21.5 Å². The third-order valence-corrected chi connectivity index (χ3v) is 12.6. The molecule has 5 nitrogen and oxygen atoms in total. The van der Waals surface area contributed by atoms with Crippen LogP contribution in [0.5, 0.6) is 0 Å². The minimum atomic E-state index is 0.586. The van der Waals surface area contributed by atoms with Crippen molar-refractivity contribution in [1.82, 2.24) is 19.5 Å². The predicted molar refractivity (Wildman–Crippen MR) is 264 cm³/mol. The molecule has 0 saturated heterocycles. The van der Waals surface area contributed by atoms with Crippen molar-refractivity contribution in [3.8, 4) is 62.1 Å². The lowest BCUT2D eigenvalue weighted by Gasteiger charge is -2.17. The second kappa shape index (κ2) is 14.5. The van der Waals surface area contributed by atoms with Crippen molar-refractivity contribution in [2.24, 2.45) is 0 Å². The van der Waals surface area contributed by atoms with Gasteiger partial charge in [-0.15, -0.1) is 0 Å². The summed E-state index contributed by atoms with van der Waals surface area (Å²) in [5.41, 5.74) is 12.0. The van der Waals surface area contributed by atoms with Crippen LogP contribution in [0.1, 0.15) is 0 Å². The van der Waals surface area contributed by atoms with E-state index in [1.807, 2.05) is 30.3 Å². The standard InChI is InChI=1S/C59H36N4O/c1-3-16-37(17-4-1)44-24-11-12-26-47(44)59-61-57(38-18-5-2-6-19-38)60-58(62-59)43-30-31-52(63-51-28-14-13-25-45(51)48-32-39-20-7-9-22-41(39)35-53(48)63)49(34-43)46-27-15-29-54-56(46)50-33-40-21-8-10-23-42(40)36-55(50)64-54/h1-36H. The summed E-state index contributed by atoms with van der Waals surface area (Å²) in [7, 11) is 0. The number of fused-ring (bicyclic) bond motifs is 8. The van der Waals surface area contributed by atoms with Crippen LogP contribution in [-0.2, 0) is 0 Å². The van der Waals surface area contributed by atoms with Crippen LogP contribution >= 0.6 is 0 Å². The molecule has 3 heterocycles. The van der Waals surface area contributed by atoms with Gasteiger partial charge in [0.1, 0.15) is 11.2 Å². The van der Waals surface area contributed by atoms with Gasteiger partial charge in [-0.25, -0.2) is 15.0 Å². The monoisotopic (exact) mass is 816 g/mol. The molecule has 5 heteroatoms. The molecule has 0 fully saturated rings. The summed E-state index contributed by atoms with van der Waals surface area (Å²) in [6.45, 7) is 0. The Morgan fingerprint density at radius 2 is 0.891 bits per heavy atom. The Morgan fingerprint density at radius 1 is 0.312 bits per heavy atom. The highest BCUT2D eigenvalue weighted by atomic mass is 16.3. The van der Waals surface area contributed by atoms with E-state index in [0.29, 0.717) is 17.5 Å². The van der Waals surface area contributed by atoms with Gasteiger partial charge in [0.25, 0.3) is 0 Å². The highest BCUT2D eigenvalue weighted by Crippen LogP contribution is 2.44. The fourth-order valence-corrected chi connectivity index (χ4v) is 9.63. The minimum absolute atomic E-state index is 0.586. The van der Waals surface area contributed by atoms with E-state index in [1.54, 1.807) is 0 Å². The molecule has 0 unspecified atom stereocenters. The van der Waals surface area contributed by atoms with E-state index in [-0.39, 0.29) is 0 Å². The summed E-state index contributed by atoms with van der Waals surface area (Å²) in [6, 6.07) is 76.9. The zero-order valence-electron chi connectivity index (χ0n) is 34.5. The fraction of sp³-hybridized carbons (Fsp3) is 0. The normalized spacial score (nSPS) is 11.8. The Labute approximate surface area is 368 Å². The lowest BCUT2D eigenvalue weighted by atomic mass is 9.95. The van der Waals surface area contributed by atoms with Gasteiger partial charge in [-0.2, -0.15) is 0 Å². The number of hydrogen-bond donors (Lipinski definition) is 0. The SMILES string of the molecule is c1ccc(-c2nc(-c3ccc(-n4c5ccccc5c5cc6ccccc6cc54)c(-c4cccc5oc6cc7ccccc7cc6c45)c3)nc(-c3ccccc3-c3ccccc3)n2)cc1. The number of rotatable bonds is 6. The maximum atomic E-state index is 6.69. The molecular weight excluding hydrogens is 781 g/mol. The smallest absolute Gasteiger partial charge is 0.164 e. The van der Waals surface area contributed by atoms with Gasteiger partial charge < -0.3 is 8.98 Å². The summed E-state index contributed by atoms with van der Waals surface area (Å²) in [5.74, 6) is 1.80. The van der Waals surface area contributed by atoms with Crippen molar-refractivity contribution in [2.45, 2.75) is 0 Å². The van der Waals surface area contributed by atoms with Crippen molar-refractivity contribution >= 4 is 65.3 Å². The molecule has 0 atom stereocenters. The van der Waals surface area contributed by atoms with Crippen molar-refractivity contribution in [3.05, 3.63) is 218 Å². The van der Waals surface area contributed by atoms with E-state index < -0.39 is 0 Å². The van der Waals surface area contributed by atoms with Gasteiger partial charge in [0.15, 0.2) is 17.5 Å². The zero-order valence-corrected chi connectivity index (χ0v) is 34.5. The number of hydrogen-bond acceptors (Lipinski definition) is 4. The first-order chi connectivity index (χ1) is 31.7. The largest absolute Gasteiger partial charge is 0.456 e. The Bertz CT molecular complexity index is 3960. The van der Waals surface area contributed by atoms with Crippen LogP contribution in [0.2, 0.25) is 0 Å². The molecule has 0 aliphatic rings. The molecule has 10 aromatic carbocycles. The highest BCUT2D eigenvalue weighted by molar-refractivity contribution is 6.18. The van der Waals surface area contributed by atoms with Gasteiger partial charge in [0, 0.05) is 43.8 Å². The van der Waals surface area contributed by atoms with Crippen LogP contribution in [0, 0.1) is 0 Å². The van der Waals surface area contributed by atoms with Crippen LogP contribution in [-0.4, -0.2) is 19.5 Å². The van der Waals surface area contributed by atoms with Crippen molar-refractivity contribution in [2.75, 3.05) is 0 Å². The third-order valence-electron chi connectivity index (χ3n) is 12.6. The van der Waals surface area contributed by atoms with Crippen LogP contribution in [0.3, 0.4) is 0 Å². The molecule has 0 aliphatic heterocycles. The van der Waals surface area contributed by atoms with Crippen molar-refractivity contribution < 1.29 is 4.42 Å². The van der Waals surface area contributed by atoms with Gasteiger partial charge >= 0.3 is 0 Å². The van der Waals surface area contributed by atoms with Gasteiger partial charge in [-0.1, -0.05) is 164 Å². The fourth-order valence-electron chi connectivity index (χ4n) is 9.63. The van der Waals surface area contributed by atoms with Gasteiger partial charge in [0.2, 0.25) is 0 Å². The molecule has 0 spiro atoms. The van der Waals surface area contributed by atoms with E-state index in [4.69, 9.17) is 19.4 Å². The quantitative estimate of drug-likeness (QED) is 0.168. The average Bonchev–Trinajstić information content (AvgIpc) is 3.89. The molecule has 64 heavy (non-hydrogen) atoms. The molecule has 13 rings (SSSR count). The Balaban J connectivity index is 1.12. The first-order valence-corrected chi connectivity index (χ1v) is 21.6.